The van der Waals surface area contributed by atoms with Crippen molar-refractivity contribution in [2.24, 2.45) is 5.73 Å². The smallest absolute Gasteiger partial charge is 0.225 e. The first kappa shape index (κ1) is 18.6. The molecule has 4 rings (SSSR count). The maximum absolute atomic E-state index is 9.96. The number of hydrogen-bond donors (Lipinski definition) is 4. The number of anilines is 2. The monoisotopic (exact) mass is 381 g/mol. The molecule has 2 aliphatic rings. The Labute approximate surface area is 165 Å². The first-order valence-corrected chi connectivity index (χ1v) is 9.85. The summed E-state index contributed by atoms with van der Waals surface area (Å²) >= 11 is 0. The molecule has 1 saturated carbocycles. The predicted octanol–water partition coefficient (Wildman–Crippen LogP) is 3.06. The normalized spacial score (nSPS) is 24.0. The molecule has 0 spiro atoms. The van der Waals surface area contributed by atoms with Crippen LogP contribution in [0.25, 0.3) is 5.70 Å². The van der Waals surface area contributed by atoms with Crippen LogP contribution in [0.4, 0.5) is 11.8 Å². The number of aromatic nitrogens is 2. The topological polar surface area (TPSA) is 105 Å². The molecule has 148 valence electrons. The first-order valence-electron chi connectivity index (χ1n) is 9.85. The Bertz CT molecular complexity index is 856. The van der Waals surface area contributed by atoms with Gasteiger partial charge in [0.15, 0.2) is 0 Å². The standard InChI is InChI=1S/C21H27N5O2/c1-13(22)17-12-23-21(26-20(17)24-14-5-4-6-15(27)11-14)25-18-9-10-28-19-8-3-2-7-16(18)19/h2-3,7-8,12,14-15,18,27H,1,4-6,9-11,22H2,(H2,23,24,25,26)/t14-,15+,18+/m1/s1. The summed E-state index contributed by atoms with van der Waals surface area (Å²) in [5, 5.41) is 16.8. The second-order valence-electron chi connectivity index (χ2n) is 7.51. The SMILES string of the molecule is C=C(N)c1cnc(N[C@H]2CCOc3ccccc32)nc1N[C@@H]1CCC[C@H](O)C1. The van der Waals surface area contributed by atoms with E-state index in [9.17, 15) is 5.11 Å². The van der Waals surface area contributed by atoms with Crippen LogP contribution in [0, 0.1) is 0 Å². The molecule has 3 atom stereocenters. The fraction of sp³-hybridized carbons (Fsp3) is 0.429. The van der Waals surface area contributed by atoms with Gasteiger partial charge in [-0.3, -0.25) is 0 Å². The Morgan fingerprint density at radius 1 is 1.21 bits per heavy atom. The molecule has 5 N–H and O–H groups in total. The Kier molecular flexibility index (Phi) is 5.34. The number of benzene rings is 1. The van der Waals surface area contributed by atoms with E-state index in [1.807, 2.05) is 18.2 Å². The van der Waals surface area contributed by atoms with Crippen molar-refractivity contribution in [2.45, 2.75) is 50.3 Å². The van der Waals surface area contributed by atoms with Crippen molar-refractivity contribution in [3.05, 3.63) is 48.2 Å². The van der Waals surface area contributed by atoms with Crippen LogP contribution in [0.15, 0.2) is 37.0 Å². The lowest BCUT2D eigenvalue weighted by molar-refractivity contribution is 0.124. The van der Waals surface area contributed by atoms with Crippen LogP contribution in [-0.4, -0.2) is 33.8 Å². The molecule has 7 nitrogen and oxygen atoms in total. The van der Waals surface area contributed by atoms with Crippen LogP contribution in [0.2, 0.25) is 0 Å². The minimum atomic E-state index is -0.269. The van der Waals surface area contributed by atoms with Gasteiger partial charge in [0.05, 0.1) is 24.3 Å². The highest BCUT2D eigenvalue weighted by molar-refractivity contribution is 5.71. The van der Waals surface area contributed by atoms with E-state index in [2.05, 4.69) is 33.2 Å². The van der Waals surface area contributed by atoms with Gasteiger partial charge in [0.2, 0.25) is 5.95 Å². The maximum Gasteiger partial charge on any atom is 0.225 e. The lowest BCUT2D eigenvalue weighted by Gasteiger charge is -2.29. The first-order chi connectivity index (χ1) is 13.6. The third kappa shape index (κ3) is 4.04. The summed E-state index contributed by atoms with van der Waals surface area (Å²) in [5.74, 6) is 2.09. The Morgan fingerprint density at radius 2 is 2.07 bits per heavy atom. The third-order valence-electron chi connectivity index (χ3n) is 5.38. The number of fused-ring (bicyclic) bond motifs is 1. The molecule has 2 heterocycles. The minimum Gasteiger partial charge on any atom is -0.493 e. The second-order valence-corrected chi connectivity index (χ2v) is 7.51. The second kappa shape index (κ2) is 8.06. The lowest BCUT2D eigenvalue weighted by Crippen LogP contribution is -2.31. The molecule has 1 aromatic heterocycles. The van der Waals surface area contributed by atoms with E-state index >= 15 is 0 Å². The third-order valence-corrected chi connectivity index (χ3v) is 5.38. The molecule has 28 heavy (non-hydrogen) atoms. The van der Waals surface area contributed by atoms with Crippen molar-refractivity contribution in [3.63, 3.8) is 0 Å². The fourth-order valence-electron chi connectivity index (χ4n) is 3.93. The van der Waals surface area contributed by atoms with E-state index in [1.165, 1.54) is 0 Å². The van der Waals surface area contributed by atoms with E-state index in [-0.39, 0.29) is 18.2 Å². The number of rotatable bonds is 5. The van der Waals surface area contributed by atoms with Gasteiger partial charge in [0.1, 0.15) is 11.6 Å². The molecule has 2 aromatic rings. The number of aliphatic hydroxyl groups is 1. The summed E-state index contributed by atoms with van der Waals surface area (Å²) in [6, 6.07) is 8.26. The molecule has 0 unspecified atom stereocenters. The molecule has 7 heteroatoms. The zero-order valence-corrected chi connectivity index (χ0v) is 15.9. The minimum absolute atomic E-state index is 0.0845. The Balaban J connectivity index is 1.56. The zero-order valence-electron chi connectivity index (χ0n) is 15.9. The van der Waals surface area contributed by atoms with E-state index in [0.29, 0.717) is 36.1 Å². The van der Waals surface area contributed by atoms with Gasteiger partial charge in [0.25, 0.3) is 0 Å². The van der Waals surface area contributed by atoms with Crippen LogP contribution in [-0.2, 0) is 0 Å². The molecule has 0 amide bonds. The van der Waals surface area contributed by atoms with Gasteiger partial charge in [0, 0.05) is 29.9 Å². The van der Waals surface area contributed by atoms with Crippen molar-refractivity contribution < 1.29 is 9.84 Å². The quantitative estimate of drug-likeness (QED) is 0.631. The molecule has 0 saturated heterocycles. The molecule has 1 aliphatic carbocycles. The van der Waals surface area contributed by atoms with Gasteiger partial charge < -0.3 is 26.2 Å². The summed E-state index contributed by atoms with van der Waals surface area (Å²) in [5.41, 5.74) is 8.16. The van der Waals surface area contributed by atoms with E-state index in [1.54, 1.807) is 6.20 Å². The van der Waals surface area contributed by atoms with Crippen LogP contribution < -0.4 is 21.1 Å². The summed E-state index contributed by atoms with van der Waals surface area (Å²) in [7, 11) is 0. The maximum atomic E-state index is 9.96. The summed E-state index contributed by atoms with van der Waals surface area (Å²) < 4.78 is 5.73. The largest absolute Gasteiger partial charge is 0.493 e. The molecule has 1 aliphatic heterocycles. The van der Waals surface area contributed by atoms with Crippen molar-refractivity contribution in [1.82, 2.24) is 9.97 Å². The van der Waals surface area contributed by atoms with E-state index in [4.69, 9.17) is 10.5 Å². The highest BCUT2D eigenvalue weighted by atomic mass is 16.5. The predicted molar refractivity (Wildman–Crippen MR) is 110 cm³/mol. The zero-order chi connectivity index (χ0) is 19.5. The number of ether oxygens (including phenoxy) is 1. The van der Waals surface area contributed by atoms with Crippen molar-refractivity contribution >= 4 is 17.5 Å². The van der Waals surface area contributed by atoms with Crippen molar-refractivity contribution in [1.29, 1.82) is 0 Å². The number of aliphatic hydroxyl groups excluding tert-OH is 1. The average molecular weight is 381 g/mol. The highest BCUT2D eigenvalue weighted by Gasteiger charge is 2.24. The molecule has 1 aromatic carbocycles. The molecular formula is C21H27N5O2. The van der Waals surface area contributed by atoms with E-state index < -0.39 is 0 Å². The van der Waals surface area contributed by atoms with Crippen molar-refractivity contribution in [3.8, 4) is 5.75 Å². The number of nitrogens with zero attached hydrogens (tertiary/aromatic N) is 2. The fourth-order valence-corrected chi connectivity index (χ4v) is 3.93. The molecule has 0 bridgehead atoms. The van der Waals surface area contributed by atoms with E-state index in [0.717, 1.165) is 37.0 Å². The molecule has 1 fully saturated rings. The number of nitrogens with one attached hydrogen (secondary N) is 2. The van der Waals surface area contributed by atoms with Gasteiger partial charge in [-0.2, -0.15) is 4.98 Å². The molecular weight excluding hydrogens is 354 g/mol. The molecule has 0 radical (unpaired) electrons. The van der Waals surface area contributed by atoms with Gasteiger partial charge >= 0.3 is 0 Å². The van der Waals surface area contributed by atoms with Crippen LogP contribution in [0.1, 0.15) is 49.3 Å². The average Bonchev–Trinajstić information content (AvgIpc) is 2.68. The van der Waals surface area contributed by atoms with Crippen LogP contribution in [0.3, 0.4) is 0 Å². The van der Waals surface area contributed by atoms with Crippen molar-refractivity contribution in [2.75, 3.05) is 17.2 Å². The van der Waals surface area contributed by atoms with Crippen LogP contribution in [0.5, 0.6) is 5.75 Å². The van der Waals surface area contributed by atoms with Crippen LogP contribution >= 0.6 is 0 Å². The number of nitrogens with two attached hydrogens (primary N) is 1. The van der Waals surface area contributed by atoms with Gasteiger partial charge in [-0.05, 0) is 31.7 Å². The Hall–Kier alpha value is -2.80. The number of hydrogen-bond acceptors (Lipinski definition) is 7. The highest BCUT2D eigenvalue weighted by Crippen LogP contribution is 2.34. The summed E-state index contributed by atoms with van der Waals surface area (Å²) in [4.78, 5) is 9.13. The van der Waals surface area contributed by atoms with Gasteiger partial charge in [-0.1, -0.05) is 24.8 Å². The Morgan fingerprint density at radius 3 is 2.89 bits per heavy atom. The number of para-hydroxylation sites is 1. The van der Waals surface area contributed by atoms with Gasteiger partial charge in [-0.15, -0.1) is 0 Å². The lowest BCUT2D eigenvalue weighted by atomic mass is 9.93. The summed E-state index contributed by atoms with van der Waals surface area (Å²) in [6.07, 6.45) is 5.81. The van der Waals surface area contributed by atoms with Gasteiger partial charge in [-0.25, -0.2) is 4.98 Å². The summed E-state index contributed by atoms with van der Waals surface area (Å²) in [6.45, 7) is 4.49.